The molecule has 11 heteroatoms. The number of amides is 1. The summed E-state index contributed by atoms with van der Waals surface area (Å²) < 4.78 is 44.7. The smallest absolute Gasteiger partial charge is 0.242 e. The van der Waals surface area contributed by atoms with Crippen molar-refractivity contribution >= 4 is 32.6 Å². The van der Waals surface area contributed by atoms with Crippen LogP contribution in [0.15, 0.2) is 23.1 Å². The van der Waals surface area contributed by atoms with Crippen molar-refractivity contribution in [3.63, 3.8) is 0 Å². The van der Waals surface area contributed by atoms with Gasteiger partial charge in [0.25, 0.3) is 0 Å². The van der Waals surface area contributed by atoms with E-state index in [1.54, 1.807) is 0 Å². The first-order valence-electron chi connectivity index (χ1n) is 11.7. The summed E-state index contributed by atoms with van der Waals surface area (Å²) in [5, 5.41) is 0.947. The molecule has 2 aromatic rings. The van der Waals surface area contributed by atoms with E-state index >= 15 is 0 Å². The summed E-state index contributed by atoms with van der Waals surface area (Å²) >= 11 is 1.43. The van der Waals surface area contributed by atoms with Crippen LogP contribution in [-0.2, 0) is 21.2 Å². The van der Waals surface area contributed by atoms with Crippen molar-refractivity contribution in [2.75, 3.05) is 38.6 Å². The van der Waals surface area contributed by atoms with Gasteiger partial charge >= 0.3 is 0 Å². The number of sulfonamides is 1. The number of likely N-dealkylation sites (tertiary alicyclic amines) is 1. The van der Waals surface area contributed by atoms with Crippen molar-refractivity contribution in [2.45, 2.75) is 56.4 Å². The van der Waals surface area contributed by atoms with E-state index in [0.717, 1.165) is 47.3 Å². The highest BCUT2D eigenvalue weighted by molar-refractivity contribution is 7.89. The molecule has 3 heterocycles. The molecule has 1 aromatic carbocycles. The van der Waals surface area contributed by atoms with Gasteiger partial charge in [0, 0.05) is 63.1 Å². The van der Waals surface area contributed by atoms with Crippen molar-refractivity contribution in [1.29, 1.82) is 0 Å². The van der Waals surface area contributed by atoms with E-state index in [0.29, 0.717) is 24.4 Å². The lowest BCUT2D eigenvalue weighted by Crippen LogP contribution is -2.46. The molecule has 2 saturated heterocycles. The molecule has 0 aliphatic carbocycles. The van der Waals surface area contributed by atoms with Crippen LogP contribution in [0.25, 0.3) is 0 Å². The Morgan fingerprint density at radius 2 is 1.88 bits per heavy atom. The molecule has 1 aromatic heterocycles. The second-order valence-corrected chi connectivity index (χ2v) is 12.5. The van der Waals surface area contributed by atoms with Crippen LogP contribution < -0.4 is 4.90 Å². The zero-order chi connectivity index (χ0) is 24.6. The van der Waals surface area contributed by atoms with E-state index < -0.39 is 15.8 Å². The van der Waals surface area contributed by atoms with Gasteiger partial charge in [-0.25, -0.2) is 22.1 Å². The fourth-order valence-corrected chi connectivity index (χ4v) is 6.38. The van der Waals surface area contributed by atoms with Gasteiger partial charge in [0.1, 0.15) is 11.6 Å². The van der Waals surface area contributed by atoms with E-state index in [1.165, 1.54) is 37.8 Å². The quantitative estimate of drug-likeness (QED) is 0.570. The highest BCUT2D eigenvalue weighted by atomic mass is 32.2. The SMILES string of the molecule is CC(C)c1nsc(N2CCC(N3CC[C@@H](Cc4ccc(S(=O)(=O)N(C)C)cc4F)C3=O)CC2)n1. The van der Waals surface area contributed by atoms with Crippen molar-refractivity contribution in [3.05, 3.63) is 35.4 Å². The normalized spacial score (nSPS) is 20.2. The zero-order valence-electron chi connectivity index (χ0n) is 20.1. The average molecular weight is 510 g/mol. The monoisotopic (exact) mass is 509 g/mol. The molecular formula is C23H32FN5O3S2. The third-order valence-electron chi connectivity index (χ3n) is 6.74. The minimum Gasteiger partial charge on any atom is -0.347 e. The number of carbonyl (C=O) groups excluding carboxylic acids is 1. The molecular weight excluding hydrogens is 477 g/mol. The Labute approximate surface area is 205 Å². The first kappa shape index (κ1) is 25.0. The molecule has 0 N–H and O–H groups in total. The highest BCUT2D eigenvalue weighted by Crippen LogP contribution is 2.31. The molecule has 4 rings (SSSR count). The number of benzene rings is 1. The van der Waals surface area contributed by atoms with Crippen molar-refractivity contribution in [1.82, 2.24) is 18.6 Å². The predicted octanol–water partition coefficient (Wildman–Crippen LogP) is 3.11. The summed E-state index contributed by atoms with van der Waals surface area (Å²) in [6, 6.07) is 4.14. The maximum Gasteiger partial charge on any atom is 0.242 e. The molecule has 0 saturated carbocycles. The third kappa shape index (κ3) is 4.96. The van der Waals surface area contributed by atoms with Crippen LogP contribution in [0.2, 0.25) is 0 Å². The Kier molecular flexibility index (Phi) is 7.25. The second kappa shape index (κ2) is 9.87. The molecule has 2 aliphatic heterocycles. The zero-order valence-corrected chi connectivity index (χ0v) is 21.7. The number of nitrogens with zero attached hydrogens (tertiary/aromatic N) is 5. The maximum absolute atomic E-state index is 14.7. The van der Waals surface area contributed by atoms with Crippen LogP contribution in [0.3, 0.4) is 0 Å². The van der Waals surface area contributed by atoms with Crippen LogP contribution in [-0.4, -0.2) is 72.7 Å². The largest absolute Gasteiger partial charge is 0.347 e. The Morgan fingerprint density at radius 1 is 1.18 bits per heavy atom. The Balaban J connectivity index is 1.35. The second-order valence-electron chi connectivity index (χ2n) is 9.57. The first-order chi connectivity index (χ1) is 16.1. The average Bonchev–Trinajstić information content (AvgIpc) is 3.43. The minimum absolute atomic E-state index is 0.0702. The van der Waals surface area contributed by atoms with Gasteiger partial charge in [-0.15, -0.1) is 0 Å². The molecule has 8 nitrogen and oxygen atoms in total. The number of hydrogen-bond donors (Lipinski definition) is 0. The van der Waals surface area contributed by atoms with E-state index in [-0.39, 0.29) is 29.2 Å². The number of aromatic nitrogens is 2. The van der Waals surface area contributed by atoms with Gasteiger partial charge in [-0.3, -0.25) is 4.79 Å². The molecule has 0 spiro atoms. The molecule has 1 amide bonds. The van der Waals surface area contributed by atoms with Crippen LogP contribution in [0.4, 0.5) is 9.52 Å². The van der Waals surface area contributed by atoms with E-state index in [9.17, 15) is 17.6 Å². The first-order valence-corrected chi connectivity index (χ1v) is 13.9. The number of carbonyl (C=O) groups is 1. The summed E-state index contributed by atoms with van der Waals surface area (Å²) in [4.78, 5) is 21.9. The highest BCUT2D eigenvalue weighted by Gasteiger charge is 2.37. The number of halogens is 1. The summed E-state index contributed by atoms with van der Waals surface area (Å²) in [6.45, 7) is 6.52. The summed E-state index contributed by atoms with van der Waals surface area (Å²) in [7, 11) is -0.877. The predicted molar refractivity (Wildman–Crippen MR) is 130 cm³/mol. The van der Waals surface area contributed by atoms with Crippen LogP contribution in [0.5, 0.6) is 0 Å². The molecule has 186 valence electrons. The Bertz CT molecular complexity index is 1140. The van der Waals surface area contributed by atoms with Gasteiger partial charge < -0.3 is 9.80 Å². The van der Waals surface area contributed by atoms with Gasteiger partial charge in [0.15, 0.2) is 0 Å². The van der Waals surface area contributed by atoms with Crippen LogP contribution >= 0.6 is 11.5 Å². The topological polar surface area (TPSA) is 86.7 Å². The lowest BCUT2D eigenvalue weighted by atomic mass is 9.97. The Hall–Kier alpha value is -2.11. The fourth-order valence-electron chi connectivity index (χ4n) is 4.60. The van der Waals surface area contributed by atoms with Crippen molar-refractivity contribution in [2.24, 2.45) is 5.92 Å². The standard InChI is InChI=1S/C23H32FN5O3S2/c1-15(2)21-25-23(33-26-21)28-10-8-18(9-11-28)29-12-7-17(22(29)30)13-16-5-6-19(14-20(16)24)34(31,32)27(3)4/h5-6,14-15,17-18H,7-13H2,1-4H3/t17-/m0/s1. The summed E-state index contributed by atoms with van der Waals surface area (Å²) in [5.41, 5.74) is 0.380. The number of piperidine rings is 1. The molecule has 0 radical (unpaired) electrons. The molecule has 2 fully saturated rings. The lowest BCUT2D eigenvalue weighted by molar-refractivity contribution is -0.133. The molecule has 0 bridgehead atoms. The minimum atomic E-state index is -3.70. The number of anilines is 1. The van der Waals surface area contributed by atoms with Gasteiger partial charge in [-0.05, 0) is 43.4 Å². The number of rotatable bonds is 7. The van der Waals surface area contributed by atoms with Crippen LogP contribution in [0, 0.1) is 11.7 Å². The van der Waals surface area contributed by atoms with E-state index in [2.05, 4.69) is 28.1 Å². The molecule has 2 aliphatic rings. The van der Waals surface area contributed by atoms with Gasteiger partial charge in [-0.1, -0.05) is 19.9 Å². The fraction of sp³-hybridized carbons (Fsp3) is 0.609. The van der Waals surface area contributed by atoms with Crippen molar-refractivity contribution < 1.29 is 17.6 Å². The number of hydrogen-bond acceptors (Lipinski definition) is 7. The summed E-state index contributed by atoms with van der Waals surface area (Å²) in [5.74, 6) is 0.390. The van der Waals surface area contributed by atoms with E-state index in [1.807, 2.05) is 4.90 Å². The third-order valence-corrected chi connectivity index (χ3v) is 9.35. The lowest BCUT2D eigenvalue weighted by Gasteiger charge is -2.36. The van der Waals surface area contributed by atoms with Crippen molar-refractivity contribution in [3.8, 4) is 0 Å². The Morgan fingerprint density at radius 3 is 2.47 bits per heavy atom. The molecule has 34 heavy (non-hydrogen) atoms. The van der Waals surface area contributed by atoms with Gasteiger partial charge in [0.05, 0.1) is 4.90 Å². The van der Waals surface area contributed by atoms with Gasteiger partial charge in [0.2, 0.25) is 21.1 Å². The molecule has 0 unspecified atom stereocenters. The summed E-state index contributed by atoms with van der Waals surface area (Å²) in [6.07, 6.45) is 2.72. The maximum atomic E-state index is 14.7. The van der Waals surface area contributed by atoms with E-state index in [4.69, 9.17) is 0 Å². The molecule has 1 atom stereocenters. The van der Waals surface area contributed by atoms with Crippen LogP contribution in [0.1, 0.15) is 50.4 Å². The van der Waals surface area contributed by atoms with Gasteiger partial charge in [-0.2, -0.15) is 4.37 Å².